The third-order valence-corrected chi connectivity index (χ3v) is 4.96. The number of hydrogen-bond donors (Lipinski definition) is 1. The molecule has 1 aromatic heterocycles. The first-order valence-corrected chi connectivity index (χ1v) is 9.79. The normalized spacial score (nSPS) is 14.0. The summed E-state index contributed by atoms with van der Waals surface area (Å²) in [5, 5.41) is 6.77. The lowest BCUT2D eigenvalue weighted by Gasteiger charge is -2.28. The molecule has 1 aliphatic heterocycles. The second-order valence-corrected chi connectivity index (χ2v) is 6.97. The molecule has 0 unspecified atom stereocenters. The van der Waals surface area contributed by atoms with Gasteiger partial charge in [-0.2, -0.15) is 4.98 Å². The maximum absolute atomic E-state index is 13.0. The van der Waals surface area contributed by atoms with Gasteiger partial charge in [-0.15, -0.1) is 0 Å². The van der Waals surface area contributed by atoms with Crippen LogP contribution in [0.4, 0.5) is 0 Å². The van der Waals surface area contributed by atoms with Crippen LogP contribution in [0.2, 0.25) is 0 Å². The highest BCUT2D eigenvalue weighted by molar-refractivity contribution is 6.05. The molecule has 0 radical (unpaired) electrons. The van der Waals surface area contributed by atoms with Crippen LogP contribution < -0.4 is 10.1 Å². The Morgan fingerprint density at radius 2 is 1.55 bits per heavy atom. The molecule has 33 heavy (non-hydrogen) atoms. The number of benzene rings is 1. The van der Waals surface area contributed by atoms with Crippen LogP contribution in [-0.4, -0.2) is 49.4 Å². The fourth-order valence-corrected chi connectivity index (χ4v) is 3.38. The summed E-state index contributed by atoms with van der Waals surface area (Å²) >= 11 is 0. The zero-order valence-electron chi connectivity index (χ0n) is 18.8. The summed E-state index contributed by atoms with van der Waals surface area (Å²) in [6.07, 6.45) is 0. The third kappa shape index (κ3) is 4.86. The standard InChI is InChI=1S/C22H23N3O8/c1-11-16(20(26)30-4)18(17(12(2)23-11)21(27)31-5)22(28)32-10-15-24-19(25-33-15)13-6-8-14(29-3)9-7-13/h6-9,18,23H,10H2,1-5H3. The molecule has 174 valence electrons. The zero-order valence-corrected chi connectivity index (χ0v) is 18.8. The highest BCUT2D eigenvalue weighted by atomic mass is 16.6. The van der Waals surface area contributed by atoms with Crippen molar-refractivity contribution in [3.05, 3.63) is 52.7 Å². The predicted molar refractivity (Wildman–Crippen MR) is 112 cm³/mol. The van der Waals surface area contributed by atoms with Crippen molar-refractivity contribution in [1.29, 1.82) is 0 Å². The highest BCUT2D eigenvalue weighted by Gasteiger charge is 2.42. The Kier molecular flexibility index (Phi) is 7.11. The lowest BCUT2D eigenvalue weighted by molar-refractivity contribution is -0.152. The fourth-order valence-electron chi connectivity index (χ4n) is 3.38. The van der Waals surface area contributed by atoms with Gasteiger partial charge in [0.05, 0.1) is 32.5 Å². The van der Waals surface area contributed by atoms with Gasteiger partial charge in [0, 0.05) is 17.0 Å². The molecule has 11 nitrogen and oxygen atoms in total. The van der Waals surface area contributed by atoms with E-state index >= 15 is 0 Å². The maximum atomic E-state index is 13.0. The Morgan fingerprint density at radius 3 is 2.06 bits per heavy atom. The second-order valence-electron chi connectivity index (χ2n) is 6.97. The van der Waals surface area contributed by atoms with Crippen molar-refractivity contribution in [2.75, 3.05) is 21.3 Å². The van der Waals surface area contributed by atoms with Crippen LogP contribution in [0.25, 0.3) is 11.4 Å². The number of hydrogen-bond acceptors (Lipinski definition) is 11. The van der Waals surface area contributed by atoms with Gasteiger partial charge in [-0.3, -0.25) is 4.79 Å². The molecular weight excluding hydrogens is 434 g/mol. The molecule has 0 atom stereocenters. The van der Waals surface area contributed by atoms with E-state index < -0.39 is 23.8 Å². The summed E-state index contributed by atoms with van der Waals surface area (Å²) in [6.45, 7) is 2.80. The minimum atomic E-state index is -1.35. The zero-order chi connectivity index (χ0) is 24.1. The minimum Gasteiger partial charge on any atom is -0.497 e. The van der Waals surface area contributed by atoms with Crippen LogP contribution in [0, 0.1) is 5.92 Å². The third-order valence-electron chi connectivity index (χ3n) is 4.96. The minimum absolute atomic E-state index is 0.0312. The van der Waals surface area contributed by atoms with E-state index in [1.54, 1.807) is 45.2 Å². The average molecular weight is 457 g/mol. The number of nitrogens with one attached hydrogen (secondary N) is 1. The van der Waals surface area contributed by atoms with Gasteiger partial charge in [0.25, 0.3) is 5.89 Å². The number of allylic oxidation sites excluding steroid dienone is 2. The number of methoxy groups -OCH3 is 3. The monoisotopic (exact) mass is 457 g/mol. The molecule has 3 rings (SSSR count). The largest absolute Gasteiger partial charge is 0.497 e. The molecule has 0 aliphatic carbocycles. The molecular formula is C22H23N3O8. The molecule has 0 fully saturated rings. The van der Waals surface area contributed by atoms with E-state index in [0.29, 0.717) is 28.5 Å². The van der Waals surface area contributed by atoms with Crippen molar-refractivity contribution in [1.82, 2.24) is 15.5 Å². The lowest BCUT2D eigenvalue weighted by atomic mass is 9.85. The first kappa shape index (κ1) is 23.5. The van der Waals surface area contributed by atoms with E-state index in [-0.39, 0.29) is 23.6 Å². The van der Waals surface area contributed by atoms with Gasteiger partial charge < -0.3 is 28.8 Å². The summed E-state index contributed by atoms with van der Waals surface area (Å²) in [4.78, 5) is 42.0. The predicted octanol–water partition coefficient (Wildman–Crippen LogP) is 1.90. The van der Waals surface area contributed by atoms with Crippen LogP contribution in [0.1, 0.15) is 19.7 Å². The molecule has 0 amide bonds. The molecule has 11 heteroatoms. The number of carbonyl (C=O) groups is 3. The topological polar surface area (TPSA) is 139 Å². The molecule has 0 saturated heterocycles. The highest BCUT2D eigenvalue weighted by Crippen LogP contribution is 2.32. The van der Waals surface area contributed by atoms with Gasteiger partial charge in [0.1, 0.15) is 11.7 Å². The van der Waals surface area contributed by atoms with Crippen molar-refractivity contribution in [2.24, 2.45) is 5.92 Å². The molecule has 0 saturated carbocycles. The van der Waals surface area contributed by atoms with Crippen LogP contribution in [0.3, 0.4) is 0 Å². The average Bonchev–Trinajstić information content (AvgIpc) is 3.30. The molecule has 0 spiro atoms. The number of aromatic nitrogens is 2. The smallest absolute Gasteiger partial charge is 0.336 e. The first-order valence-electron chi connectivity index (χ1n) is 9.79. The van der Waals surface area contributed by atoms with Crippen molar-refractivity contribution < 1.29 is 37.9 Å². The SMILES string of the molecule is COC(=O)C1=C(C)NC(C)=C(C(=O)OC)C1C(=O)OCc1nc(-c2ccc(OC)cc2)no1. The van der Waals surface area contributed by atoms with Crippen molar-refractivity contribution in [2.45, 2.75) is 20.5 Å². The van der Waals surface area contributed by atoms with Crippen LogP contribution >= 0.6 is 0 Å². The molecule has 2 aromatic rings. The molecule has 0 bridgehead atoms. The Labute approximate surface area is 189 Å². The number of ether oxygens (including phenoxy) is 4. The number of rotatable bonds is 7. The Morgan fingerprint density at radius 1 is 0.970 bits per heavy atom. The Bertz CT molecular complexity index is 1090. The van der Waals surface area contributed by atoms with Crippen LogP contribution in [0.5, 0.6) is 5.75 Å². The van der Waals surface area contributed by atoms with Crippen LogP contribution in [0.15, 0.2) is 51.3 Å². The van der Waals surface area contributed by atoms with E-state index in [9.17, 15) is 14.4 Å². The first-order chi connectivity index (χ1) is 15.8. The van der Waals surface area contributed by atoms with Gasteiger partial charge in [0.2, 0.25) is 5.82 Å². The summed E-state index contributed by atoms with van der Waals surface area (Å²) in [7, 11) is 3.91. The van der Waals surface area contributed by atoms with E-state index in [2.05, 4.69) is 15.5 Å². The number of dihydropyridines is 1. The Balaban J connectivity index is 1.82. The molecule has 1 aromatic carbocycles. The van der Waals surface area contributed by atoms with Crippen LogP contribution in [-0.2, 0) is 35.2 Å². The molecule has 1 N–H and O–H groups in total. The molecule has 1 aliphatic rings. The summed E-state index contributed by atoms with van der Waals surface area (Å²) in [5.41, 5.74) is 1.27. The van der Waals surface area contributed by atoms with E-state index in [0.717, 1.165) is 0 Å². The molecule has 2 heterocycles. The summed E-state index contributed by atoms with van der Waals surface area (Å²) in [6, 6.07) is 6.99. The van der Waals surface area contributed by atoms with Crippen molar-refractivity contribution >= 4 is 17.9 Å². The summed E-state index contributed by atoms with van der Waals surface area (Å²) in [5.74, 6) is -2.79. The van der Waals surface area contributed by atoms with E-state index in [1.165, 1.54) is 14.2 Å². The van der Waals surface area contributed by atoms with Crippen molar-refractivity contribution in [3.63, 3.8) is 0 Å². The van der Waals surface area contributed by atoms with Gasteiger partial charge in [-0.25, -0.2) is 9.59 Å². The van der Waals surface area contributed by atoms with Gasteiger partial charge in [0.15, 0.2) is 6.61 Å². The second kappa shape index (κ2) is 9.98. The van der Waals surface area contributed by atoms with Gasteiger partial charge >= 0.3 is 17.9 Å². The Hall–Kier alpha value is -4.15. The number of carbonyl (C=O) groups excluding carboxylic acids is 3. The quantitative estimate of drug-likeness (QED) is 0.482. The lowest BCUT2D eigenvalue weighted by Crippen LogP contribution is -2.37. The maximum Gasteiger partial charge on any atom is 0.336 e. The van der Waals surface area contributed by atoms with Gasteiger partial charge in [-0.05, 0) is 38.1 Å². The van der Waals surface area contributed by atoms with Gasteiger partial charge in [-0.1, -0.05) is 5.16 Å². The number of esters is 3. The summed E-state index contributed by atoms with van der Waals surface area (Å²) < 4.78 is 25.2. The van der Waals surface area contributed by atoms with E-state index in [1.807, 2.05) is 0 Å². The fraction of sp³-hybridized carbons (Fsp3) is 0.318. The van der Waals surface area contributed by atoms with E-state index in [4.69, 9.17) is 23.5 Å². The van der Waals surface area contributed by atoms with Crippen molar-refractivity contribution in [3.8, 4) is 17.1 Å². The number of nitrogens with zero attached hydrogens (tertiary/aromatic N) is 2.